The van der Waals surface area contributed by atoms with E-state index in [0.717, 1.165) is 12.0 Å². The third-order valence-corrected chi connectivity index (χ3v) is 7.36. The Hall–Kier alpha value is -1.45. The monoisotopic (exact) mass is 369 g/mol. The van der Waals surface area contributed by atoms with E-state index in [1.54, 1.807) is 4.68 Å². The van der Waals surface area contributed by atoms with Gasteiger partial charge in [0.25, 0.3) is 10.2 Å². The first kappa shape index (κ1) is 18.3. The molecule has 3 rings (SSSR count). The molecule has 1 aliphatic carbocycles. The maximum Gasteiger partial charge on any atom is 0.282 e. The van der Waals surface area contributed by atoms with Gasteiger partial charge in [0.05, 0.1) is 6.20 Å². The molecule has 0 N–H and O–H groups in total. The first-order valence-corrected chi connectivity index (χ1v) is 10.3. The molecule has 1 aromatic rings. The van der Waals surface area contributed by atoms with Crippen molar-refractivity contribution in [1.82, 2.24) is 23.3 Å². The zero-order valence-corrected chi connectivity index (χ0v) is 15.9. The molecule has 2 heterocycles. The van der Waals surface area contributed by atoms with Gasteiger partial charge in [-0.2, -0.15) is 22.1 Å². The van der Waals surface area contributed by atoms with Crippen LogP contribution in [-0.2, 0) is 22.1 Å². The quantitative estimate of drug-likeness (QED) is 0.720. The summed E-state index contributed by atoms with van der Waals surface area (Å²) in [6.45, 7) is 6.29. The minimum Gasteiger partial charge on any atom is -0.340 e. The molecule has 1 aliphatic heterocycles. The molecule has 0 unspecified atom stereocenters. The fourth-order valence-corrected chi connectivity index (χ4v) is 5.16. The van der Waals surface area contributed by atoms with E-state index in [4.69, 9.17) is 0 Å². The minimum atomic E-state index is -3.41. The van der Waals surface area contributed by atoms with Gasteiger partial charge in [-0.05, 0) is 17.9 Å². The zero-order valence-electron chi connectivity index (χ0n) is 15.1. The van der Waals surface area contributed by atoms with Crippen molar-refractivity contribution in [2.24, 2.45) is 13.0 Å². The molecule has 140 valence electrons. The standard InChI is InChI=1S/C16H27N5O3S/c1-4-20(5-2)25(23,24)21-8-6-19(7-9-21)16(22)15-10-14(15)13-11-17-18(3)12-13/h11-12,14-15H,4-10H2,1-3H3/t14-,15+/m0/s1. The highest BCUT2D eigenvalue weighted by atomic mass is 32.2. The van der Waals surface area contributed by atoms with Crippen molar-refractivity contribution in [1.29, 1.82) is 0 Å². The number of hydrogen-bond acceptors (Lipinski definition) is 4. The molecule has 0 bridgehead atoms. The van der Waals surface area contributed by atoms with Crippen molar-refractivity contribution in [2.45, 2.75) is 26.2 Å². The Balaban J connectivity index is 1.55. The normalized spacial score (nSPS) is 24.7. The third-order valence-electron chi connectivity index (χ3n) is 5.17. The minimum absolute atomic E-state index is 0.0233. The third kappa shape index (κ3) is 3.58. The van der Waals surface area contributed by atoms with Gasteiger partial charge in [-0.1, -0.05) is 13.8 Å². The molecule has 1 amide bonds. The molecule has 2 atom stereocenters. The lowest BCUT2D eigenvalue weighted by atomic mass is 10.2. The van der Waals surface area contributed by atoms with E-state index in [1.165, 1.54) is 8.61 Å². The van der Waals surface area contributed by atoms with Crippen LogP contribution in [0.3, 0.4) is 0 Å². The lowest BCUT2D eigenvalue weighted by molar-refractivity contribution is -0.133. The van der Waals surface area contributed by atoms with Crippen molar-refractivity contribution >= 4 is 16.1 Å². The van der Waals surface area contributed by atoms with Crippen LogP contribution < -0.4 is 0 Å². The number of rotatable bonds is 6. The largest absolute Gasteiger partial charge is 0.340 e. The van der Waals surface area contributed by atoms with E-state index >= 15 is 0 Å². The summed E-state index contributed by atoms with van der Waals surface area (Å²) in [5.41, 5.74) is 1.11. The van der Waals surface area contributed by atoms with Crippen LogP contribution in [0.5, 0.6) is 0 Å². The summed E-state index contributed by atoms with van der Waals surface area (Å²) >= 11 is 0. The van der Waals surface area contributed by atoms with Gasteiger partial charge in [-0.15, -0.1) is 0 Å². The van der Waals surface area contributed by atoms with Gasteiger partial charge < -0.3 is 4.90 Å². The Morgan fingerprint density at radius 3 is 2.40 bits per heavy atom. The highest BCUT2D eigenvalue weighted by Gasteiger charge is 2.47. The molecule has 1 saturated carbocycles. The van der Waals surface area contributed by atoms with Crippen LogP contribution in [0.1, 0.15) is 31.7 Å². The average Bonchev–Trinajstić information content (AvgIpc) is 3.29. The van der Waals surface area contributed by atoms with Crippen LogP contribution in [0.15, 0.2) is 12.4 Å². The second-order valence-electron chi connectivity index (χ2n) is 6.71. The second kappa shape index (κ2) is 7.05. The number of amides is 1. The number of aromatic nitrogens is 2. The maximum atomic E-state index is 12.7. The number of hydrogen-bond donors (Lipinski definition) is 0. The molecule has 0 aromatic carbocycles. The van der Waals surface area contributed by atoms with Crippen LogP contribution in [0.4, 0.5) is 0 Å². The molecule has 1 aromatic heterocycles. The molecule has 0 radical (unpaired) electrons. The summed E-state index contributed by atoms with van der Waals surface area (Å²) in [6, 6.07) is 0. The van der Waals surface area contributed by atoms with Crippen molar-refractivity contribution in [2.75, 3.05) is 39.3 Å². The predicted molar refractivity (Wildman–Crippen MR) is 94.0 cm³/mol. The van der Waals surface area contributed by atoms with E-state index < -0.39 is 10.2 Å². The van der Waals surface area contributed by atoms with Crippen LogP contribution in [0.2, 0.25) is 0 Å². The second-order valence-corrected chi connectivity index (χ2v) is 8.64. The summed E-state index contributed by atoms with van der Waals surface area (Å²) in [4.78, 5) is 14.5. The molecule has 2 fully saturated rings. The smallest absolute Gasteiger partial charge is 0.282 e. The lowest BCUT2D eigenvalue weighted by Gasteiger charge is -2.36. The van der Waals surface area contributed by atoms with E-state index in [1.807, 2.05) is 38.2 Å². The number of carbonyl (C=O) groups excluding carboxylic acids is 1. The molecule has 2 aliphatic rings. The first-order chi connectivity index (χ1) is 11.9. The maximum absolute atomic E-state index is 12.7. The van der Waals surface area contributed by atoms with E-state index in [-0.39, 0.29) is 17.7 Å². The van der Waals surface area contributed by atoms with Crippen molar-refractivity contribution in [3.05, 3.63) is 18.0 Å². The molecule has 0 spiro atoms. The molecule has 8 nitrogen and oxygen atoms in total. The van der Waals surface area contributed by atoms with Gasteiger partial charge in [0.1, 0.15) is 0 Å². The Morgan fingerprint density at radius 2 is 1.88 bits per heavy atom. The van der Waals surface area contributed by atoms with Crippen molar-refractivity contribution < 1.29 is 13.2 Å². The van der Waals surface area contributed by atoms with Crippen molar-refractivity contribution in [3.63, 3.8) is 0 Å². The Kier molecular flexibility index (Phi) is 5.17. The number of nitrogens with zero attached hydrogens (tertiary/aromatic N) is 5. The van der Waals surface area contributed by atoms with Crippen molar-refractivity contribution in [3.8, 4) is 0 Å². The molecule has 1 saturated heterocycles. The Morgan fingerprint density at radius 1 is 1.24 bits per heavy atom. The fraction of sp³-hybridized carbons (Fsp3) is 0.750. The number of aryl methyl sites for hydroxylation is 1. The van der Waals surface area contributed by atoms with Crippen LogP contribution in [0, 0.1) is 5.92 Å². The van der Waals surface area contributed by atoms with Gasteiger partial charge in [0.2, 0.25) is 5.91 Å². The summed E-state index contributed by atoms with van der Waals surface area (Å²) in [7, 11) is -1.54. The Labute approximate surface area is 149 Å². The first-order valence-electron chi connectivity index (χ1n) is 8.91. The highest BCUT2D eigenvalue weighted by molar-refractivity contribution is 7.86. The van der Waals surface area contributed by atoms with Gasteiger partial charge in [-0.25, -0.2) is 0 Å². The van der Waals surface area contributed by atoms with E-state index in [2.05, 4.69) is 5.10 Å². The fourth-order valence-electron chi connectivity index (χ4n) is 3.55. The van der Waals surface area contributed by atoms with Gasteiger partial charge >= 0.3 is 0 Å². The Bertz CT molecular complexity index is 720. The number of carbonyl (C=O) groups is 1. The molecule has 25 heavy (non-hydrogen) atoms. The lowest BCUT2D eigenvalue weighted by Crippen LogP contribution is -2.54. The topological polar surface area (TPSA) is 78.8 Å². The summed E-state index contributed by atoms with van der Waals surface area (Å²) in [6.07, 6.45) is 4.65. The van der Waals surface area contributed by atoms with Crippen LogP contribution >= 0.6 is 0 Å². The highest BCUT2D eigenvalue weighted by Crippen LogP contribution is 2.48. The molecule has 9 heteroatoms. The van der Waals surface area contributed by atoms with Gasteiger partial charge in [0.15, 0.2) is 0 Å². The van der Waals surface area contributed by atoms with E-state index in [9.17, 15) is 13.2 Å². The number of piperazine rings is 1. The summed E-state index contributed by atoms with van der Waals surface area (Å²) in [5, 5.41) is 4.17. The summed E-state index contributed by atoms with van der Waals surface area (Å²) in [5.74, 6) is 0.433. The van der Waals surface area contributed by atoms with Crippen LogP contribution in [-0.4, -0.2) is 76.9 Å². The molecular formula is C16H27N5O3S. The summed E-state index contributed by atoms with van der Waals surface area (Å²) < 4.78 is 29.8. The van der Waals surface area contributed by atoms with Crippen LogP contribution in [0.25, 0.3) is 0 Å². The predicted octanol–water partition coefficient (Wildman–Crippen LogP) is 0.254. The SMILES string of the molecule is CCN(CC)S(=O)(=O)N1CCN(C(=O)[C@@H]2C[C@H]2c2cnn(C)c2)CC1. The van der Waals surface area contributed by atoms with Gasteiger partial charge in [-0.3, -0.25) is 9.48 Å². The van der Waals surface area contributed by atoms with Gasteiger partial charge in [0, 0.05) is 58.4 Å². The molecular weight excluding hydrogens is 342 g/mol. The van der Waals surface area contributed by atoms with E-state index in [0.29, 0.717) is 39.3 Å². The zero-order chi connectivity index (χ0) is 18.2. The average molecular weight is 369 g/mol.